The lowest BCUT2D eigenvalue weighted by Crippen LogP contribution is -2.46. The van der Waals surface area contributed by atoms with Crippen LogP contribution in [0.25, 0.3) is 0 Å². The Morgan fingerprint density at radius 3 is 2.96 bits per heavy atom. The van der Waals surface area contributed by atoms with Crippen molar-refractivity contribution in [1.82, 2.24) is 20.2 Å². The van der Waals surface area contributed by atoms with Gasteiger partial charge in [0.25, 0.3) is 0 Å². The molecule has 7 nitrogen and oxygen atoms in total. The van der Waals surface area contributed by atoms with Crippen LogP contribution in [0.3, 0.4) is 0 Å². The molecule has 0 bridgehead atoms. The smallest absolute Gasteiger partial charge is 0.230 e. The number of likely N-dealkylation sites (tertiary alicyclic amines) is 1. The number of aryl methyl sites for hydroxylation is 2. The maximum Gasteiger partial charge on any atom is 0.230 e. The minimum absolute atomic E-state index is 0.0472. The highest BCUT2D eigenvalue weighted by molar-refractivity contribution is 5.84. The Balaban J connectivity index is 1.39. The van der Waals surface area contributed by atoms with E-state index in [2.05, 4.69) is 39.2 Å². The van der Waals surface area contributed by atoms with E-state index in [-0.39, 0.29) is 11.8 Å². The molecule has 0 radical (unpaired) electrons. The molecule has 2 atom stereocenters. The molecular formula is C21H28N4O3. The van der Waals surface area contributed by atoms with Gasteiger partial charge in [-0.25, -0.2) is 0 Å². The van der Waals surface area contributed by atoms with Gasteiger partial charge in [0.05, 0.1) is 49.3 Å². The van der Waals surface area contributed by atoms with E-state index in [1.54, 1.807) is 12.4 Å². The Labute approximate surface area is 165 Å². The molecule has 4 rings (SSSR count). The molecule has 0 unspecified atom stereocenters. The number of rotatable bonds is 7. The molecule has 2 aliphatic rings. The first kappa shape index (κ1) is 19.1. The van der Waals surface area contributed by atoms with Gasteiger partial charge in [-0.1, -0.05) is 6.92 Å². The van der Waals surface area contributed by atoms with Crippen molar-refractivity contribution >= 4 is 5.91 Å². The van der Waals surface area contributed by atoms with Crippen LogP contribution in [0, 0.1) is 18.3 Å². The third-order valence-electron chi connectivity index (χ3n) is 5.75. The minimum Gasteiger partial charge on any atom is -0.465 e. The molecular weight excluding hydrogens is 356 g/mol. The van der Waals surface area contributed by atoms with Crippen molar-refractivity contribution in [1.29, 1.82) is 0 Å². The van der Waals surface area contributed by atoms with E-state index >= 15 is 0 Å². The van der Waals surface area contributed by atoms with E-state index in [9.17, 15) is 4.79 Å². The Morgan fingerprint density at radius 2 is 2.18 bits per heavy atom. The second-order valence-electron chi connectivity index (χ2n) is 7.99. The average molecular weight is 384 g/mol. The lowest BCUT2D eigenvalue weighted by Gasteiger charge is -2.26. The molecule has 1 N–H and O–H groups in total. The van der Waals surface area contributed by atoms with E-state index in [1.807, 2.05) is 6.92 Å². The van der Waals surface area contributed by atoms with Crippen molar-refractivity contribution in [2.24, 2.45) is 11.3 Å². The van der Waals surface area contributed by atoms with Crippen LogP contribution in [0.5, 0.6) is 0 Å². The third kappa shape index (κ3) is 3.82. The lowest BCUT2D eigenvalue weighted by atomic mass is 9.80. The topological polar surface area (TPSA) is 80.5 Å². The fourth-order valence-electron chi connectivity index (χ4n) is 4.25. The highest BCUT2D eigenvalue weighted by atomic mass is 16.5. The average Bonchev–Trinajstić information content (AvgIpc) is 3.36. The molecule has 0 saturated carbocycles. The highest BCUT2D eigenvalue weighted by Gasteiger charge is 2.55. The first-order chi connectivity index (χ1) is 13.6. The number of hydrogen-bond donors (Lipinski definition) is 1. The molecule has 150 valence electrons. The summed E-state index contributed by atoms with van der Waals surface area (Å²) in [5.41, 5.74) is 1.14. The summed E-state index contributed by atoms with van der Waals surface area (Å²) in [6.45, 7) is 7.80. The van der Waals surface area contributed by atoms with Crippen LogP contribution in [-0.4, -0.2) is 47.1 Å². The van der Waals surface area contributed by atoms with E-state index in [4.69, 9.17) is 9.15 Å². The number of nitrogens with zero attached hydrogens (tertiary/aromatic N) is 3. The maximum atomic E-state index is 13.1. The number of amides is 1. The normalized spacial score (nSPS) is 24.4. The van der Waals surface area contributed by atoms with Crippen molar-refractivity contribution in [2.75, 3.05) is 26.3 Å². The molecule has 2 fully saturated rings. The molecule has 0 aliphatic carbocycles. The molecule has 1 amide bonds. The summed E-state index contributed by atoms with van der Waals surface area (Å²) in [4.78, 5) is 24.0. The predicted octanol–water partition coefficient (Wildman–Crippen LogP) is 2.10. The number of carbonyl (C=O) groups excluding carboxylic acids is 1. The first-order valence-electron chi connectivity index (χ1n) is 10.0. The number of ether oxygens (including phenoxy) is 1. The molecule has 2 aromatic heterocycles. The number of hydrogen-bond acceptors (Lipinski definition) is 6. The Bertz CT molecular complexity index is 819. The fourth-order valence-corrected chi connectivity index (χ4v) is 4.25. The van der Waals surface area contributed by atoms with Gasteiger partial charge in [0.15, 0.2) is 0 Å². The summed E-state index contributed by atoms with van der Waals surface area (Å²) >= 11 is 0. The Hall–Kier alpha value is -2.25. The van der Waals surface area contributed by atoms with Crippen LogP contribution in [-0.2, 0) is 29.0 Å². The second kappa shape index (κ2) is 8.01. The van der Waals surface area contributed by atoms with Crippen LogP contribution in [0.15, 0.2) is 28.9 Å². The number of carbonyl (C=O) groups is 1. The molecule has 2 aliphatic heterocycles. The number of aromatic nitrogens is 2. The standard InChI is InChI=1S/C21H28N4O3/c1-3-4-18-5-6-19(28-18)11-25-10-16-12-27-14-21(16,13-25)20(26)24-9-17-8-22-15(2)7-23-17/h5-8,16H,3-4,9-14H2,1-2H3,(H,24,26)/t16-,21-/m1/s1. The summed E-state index contributed by atoms with van der Waals surface area (Å²) in [6, 6.07) is 4.11. The van der Waals surface area contributed by atoms with Gasteiger partial charge in [-0.15, -0.1) is 0 Å². The lowest BCUT2D eigenvalue weighted by molar-refractivity contribution is -0.131. The maximum absolute atomic E-state index is 13.1. The van der Waals surface area contributed by atoms with Crippen molar-refractivity contribution in [2.45, 2.75) is 39.8 Å². The van der Waals surface area contributed by atoms with Crippen LogP contribution in [0.1, 0.15) is 36.3 Å². The molecule has 0 spiro atoms. The zero-order valence-electron chi connectivity index (χ0n) is 16.6. The predicted molar refractivity (Wildman–Crippen MR) is 103 cm³/mol. The van der Waals surface area contributed by atoms with Crippen LogP contribution >= 0.6 is 0 Å². The molecule has 7 heteroatoms. The van der Waals surface area contributed by atoms with E-state index in [0.717, 1.165) is 48.8 Å². The van der Waals surface area contributed by atoms with E-state index < -0.39 is 5.41 Å². The monoisotopic (exact) mass is 384 g/mol. The van der Waals surface area contributed by atoms with Crippen molar-refractivity contribution in [3.8, 4) is 0 Å². The van der Waals surface area contributed by atoms with Gasteiger partial charge in [0, 0.05) is 31.6 Å². The van der Waals surface area contributed by atoms with Gasteiger partial charge in [0.1, 0.15) is 11.5 Å². The molecule has 0 aromatic carbocycles. The molecule has 28 heavy (non-hydrogen) atoms. The van der Waals surface area contributed by atoms with Gasteiger partial charge in [0.2, 0.25) is 5.91 Å². The second-order valence-corrected chi connectivity index (χ2v) is 7.99. The van der Waals surface area contributed by atoms with Crippen LogP contribution < -0.4 is 5.32 Å². The van der Waals surface area contributed by atoms with Gasteiger partial charge < -0.3 is 14.5 Å². The van der Waals surface area contributed by atoms with Crippen molar-refractivity contribution in [3.05, 3.63) is 47.4 Å². The summed E-state index contributed by atoms with van der Waals surface area (Å²) in [5.74, 6) is 2.26. The van der Waals surface area contributed by atoms with Crippen LogP contribution in [0.4, 0.5) is 0 Å². The molecule has 2 aromatic rings. The Morgan fingerprint density at radius 1 is 1.32 bits per heavy atom. The number of nitrogens with one attached hydrogen (secondary N) is 1. The number of fused-ring (bicyclic) bond motifs is 1. The van der Waals surface area contributed by atoms with Gasteiger partial charge in [-0.05, 0) is 25.5 Å². The summed E-state index contributed by atoms with van der Waals surface area (Å²) in [7, 11) is 0. The van der Waals surface area contributed by atoms with Crippen molar-refractivity contribution in [3.63, 3.8) is 0 Å². The SMILES string of the molecule is CCCc1ccc(CN2C[C@@H]3COC[C@]3(C(=O)NCc3cnc(C)cn3)C2)o1. The van der Waals surface area contributed by atoms with Gasteiger partial charge in [-0.2, -0.15) is 0 Å². The summed E-state index contributed by atoms with van der Waals surface area (Å²) < 4.78 is 11.6. The van der Waals surface area contributed by atoms with E-state index in [1.165, 1.54) is 0 Å². The molecule has 2 saturated heterocycles. The van der Waals surface area contributed by atoms with Crippen molar-refractivity contribution < 1.29 is 13.9 Å². The summed E-state index contributed by atoms with van der Waals surface area (Å²) in [6.07, 6.45) is 5.46. The van der Waals surface area contributed by atoms with Gasteiger partial charge in [-0.3, -0.25) is 19.7 Å². The fraction of sp³-hybridized carbons (Fsp3) is 0.571. The van der Waals surface area contributed by atoms with E-state index in [0.29, 0.717) is 26.3 Å². The Kier molecular flexibility index (Phi) is 5.46. The van der Waals surface area contributed by atoms with Gasteiger partial charge >= 0.3 is 0 Å². The summed E-state index contributed by atoms with van der Waals surface area (Å²) in [5, 5.41) is 3.06. The largest absolute Gasteiger partial charge is 0.465 e. The quantitative estimate of drug-likeness (QED) is 0.787. The zero-order chi connectivity index (χ0) is 19.6. The van der Waals surface area contributed by atoms with Crippen LogP contribution in [0.2, 0.25) is 0 Å². The highest BCUT2D eigenvalue weighted by Crippen LogP contribution is 2.42. The minimum atomic E-state index is -0.489. The number of furan rings is 1. The zero-order valence-corrected chi connectivity index (χ0v) is 16.6. The molecule has 4 heterocycles. The first-order valence-corrected chi connectivity index (χ1v) is 10.0. The third-order valence-corrected chi connectivity index (χ3v) is 5.75.